The number of ether oxygens (including phenoxy) is 4. The first-order chi connectivity index (χ1) is 11.8. The molecule has 0 aromatic carbocycles. The van der Waals surface area contributed by atoms with Crippen molar-refractivity contribution in [1.82, 2.24) is 0 Å². The van der Waals surface area contributed by atoms with Crippen molar-refractivity contribution in [3.05, 3.63) is 25.3 Å². The number of hydrogen-bond acceptors (Lipinski definition) is 6. The molecular formula is C19H30O6. The van der Waals surface area contributed by atoms with Crippen molar-refractivity contribution >= 4 is 11.9 Å². The molecule has 0 amide bonds. The molecule has 1 heterocycles. The summed E-state index contributed by atoms with van der Waals surface area (Å²) in [6.45, 7) is 14.1. The highest BCUT2D eigenvalue weighted by Gasteiger charge is 2.44. The van der Waals surface area contributed by atoms with E-state index in [1.165, 1.54) is 0 Å². The quantitative estimate of drug-likeness (QED) is 0.444. The third-order valence-corrected chi connectivity index (χ3v) is 4.62. The lowest BCUT2D eigenvalue weighted by molar-refractivity contribution is -0.284. The Morgan fingerprint density at radius 1 is 1.16 bits per heavy atom. The van der Waals surface area contributed by atoms with Crippen LogP contribution in [0.15, 0.2) is 25.3 Å². The summed E-state index contributed by atoms with van der Waals surface area (Å²) < 4.78 is 22.4. The second-order valence-electron chi connectivity index (χ2n) is 6.84. The van der Waals surface area contributed by atoms with Gasteiger partial charge in [0.15, 0.2) is 6.29 Å². The summed E-state index contributed by atoms with van der Waals surface area (Å²) >= 11 is 0. The van der Waals surface area contributed by atoms with Gasteiger partial charge in [-0.2, -0.15) is 0 Å². The Balaban J connectivity index is 2.71. The highest BCUT2D eigenvalue weighted by Crippen LogP contribution is 2.38. The van der Waals surface area contributed by atoms with Gasteiger partial charge in [0, 0.05) is 12.2 Å². The van der Waals surface area contributed by atoms with Crippen LogP contribution in [0.5, 0.6) is 0 Å². The third-order valence-electron chi connectivity index (χ3n) is 4.62. The normalized spacial score (nSPS) is 25.5. The average Bonchev–Trinajstić information content (AvgIpc) is 2.64. The first kappa shape index (κ1) is 21.4. The topological polar surface area (TPSA) is 71.1 Å². The van der Waals surface area contributed by atoms with E-state index < -0.39 is 23.6 Å². The molecule has 1 aliphatic heterocycles. The smallest absolute Gasteiger partial charge is 0.330 e. The predicted octanol–water partition coefficient (Wildman–Crippen LogP) is 3.02. The lowest BCUT2D eigenvalue weighted by Gasteiger charge is -2.45. The van der Waals surface area contributed by atoms with Crippen molar-refractivity contribution in [2.24, 2.45) is 10.8 Å². The van der Waals surface area contributed by atoms with Crippen molar-refractivity contribution in [2.45, 2.75) is 46.3 Å². The van der Waals surface area contributed by atoms with Gasteiger partial charge in [-0.15, -0.1) is 0 Å². The van der Waals surface area contributed by atoms with Crippen molar-refractivity contribution in [2.75, 3.05) is 26.4 Å². The maximum absolute atomic E-state index is 11.4. The predicted molar refractivity (Wildman–Crippen MR) is 93.7 cm³/mol. The first-order valence-electron chi connectivity index (χ1n) is 8.66. The Labute approximate surface area is 150 Å². The molecule has 0 bridgehead atoms. The van der Waals surface area contributed by atoms with Gasteiger partial charge in [-0.1, -0.05) is 40.3 Å². The highest BCUT2D eigenvalue weighted by molar-refractivity contribution is 5.81. The minimum absolute atomic E-state index is 0.195. The van der Waals surface area contributed by atoms with E-state index in [9.17, 15) is 9.59 Å². The molecule has 0 aromatic rings. The van der Waals surface area contributed by atoms with Crippen molar-refractivity contribution in [3.63, 3.8) is 0 Å². The van der Waals surface area contributed by atoms with Gasteiger partial charge in [0.1, 0.15) is 13.2 Å². The van der Waals surface area contributed by atoms with Crippen molar-refractivity contribution in [1.29, 1.82) is 0 Å². The molecule has 0 radical (unpaired) electrons. The van der Waals surface area contributed by atoms with Crippen molar-refractivity contribution in [3.8, 4) is 0 Å². The molecular weight excluding hydrogens is 324 g/mol. The fraction of sp³-hybridized carbons (Fsp3) is 0.684. The molecule has 142 valence electrons. The molecule has 0 spiro atoms. The van der Waals surface area contributed by atoms with Gasteiger partial charge in [-0.3, -0.25) is 0 Å². The zero-order valence-corrected chi connectivity index (χ0v) is 15.5. The van der Waals surface area contributed by atoms with E-state index in [0.29, 0.717) is 13.2 Å². The molecule has 6 heteroatoms. The molecule has 0 N–H and O–H groups in total. The number of hydrogen-bond donors (Lipinski definition) is 0. The van der Waals surface area contributed by atoms with E-state index in [2.05, 4.69) is 20.1 Å². The van der Waals surface area contributed by atoms with Crippen LogP contribution in [-0.4, -0.2) is 44.7 Å². The largest absolute Gasteiger partial charge is 0.462 e. The Hall–Kier alpha value is -1.66. The van der Waals surface area contributed by atoms with E-state index in [1.54, 1.807) is 0 Å². The fourth-order valence-corrected chi connectivity index (χ4v) is 2.79. The molecule has 0 aromatic heterocycles. The van der Waals surface area contributed by atoms with Crippen LogP contribution < -0.4 is 0 Å². The lowest BCUT2D eigenvalue weighted by Crippen LogP contribution is -2.51. The van der Waals surface area contributed by atoms with E-state index in [1.807, 2.05) is 13.8 Å². The second-order valence-corrected chi connectivity index (χ2v) is 6.84. The second kappa shape index (κ2) is 9.73. The maximum atomic E-state index is 11.4. The zero-order valence-electron chi connectivity index (χ0n) is 15.5. The van der Waals surface area contributed by atoms with Crippen LogP contribution in [0.4, 0.5) is 0 Å². The molecule has 1 saturated heterocycles. The van der Waals surface area contributed by atoms with Gasteiger partial charge in [-0.25, -0.2) is 9.59 Å². The molecule has 1 aliphatic rings. The Kier molecular flexibility index (Phi) is 8.32. The zero-order chi connectivity index (χ0) is 18.9. The molecule has 1 fully saturated rings. The summed E-state index contributed by atoms with van der Waals surface area (Å²) in [7, 11) is 0. The minimum Gasteiger partial charge on any atom is -0.462 e. The van der Waals surface area contributed by atoms with E-state index in [0.717, 1.165) is 31.4 Å². The van der Waals surface area contributed by atoms with Crippen LogP contribution in [-0.2, 0) is 28.5 Å². The molecule has 6 nitrogen and oxygen atoms in total. The van der Waals surface area contributed by atoms with Gasteiger partial charge in [0.25, 0.3) is 0 Å². The van der Waals surface area contributed by atoms with Crippen LogP contribution in [0, 0.1) is 10.8 Å². The SMILES string of the molecule is C=CC(=O)OCC1(CC)COC(C(C)(CCC)COC(=O)C=C)OC1. The van der Waals surface area contributed by atoms with Gasteiger partial charge in [0.2, 0.25) is 0 Å². The number of esters is 2. The number of carbonyl (C=O) groups is 2. The van der Waals surface area contributed by atoms with E-state index in [-0.39, 0.29) is 18.6 Å². The van der Waals surface area contributed by atoms with Gasteiger partial charge >= 0.3 is 11.9 Å². The van der Waals surface area contributed by atoms with Crippen LogP contribution in [0.1, 0.15) is 40.0 Å². The summed E-state index contributed by atoms with van der Waals surface area (Å²) in [5.41, 5.74) is -0.828. The van der Waals surface area contributed by atoms with Crippen molar-refractivity contribution < 1.29 is 28.5 Å². The van der Waals surface area contributed by atoms with Crippen LogP contribution in [0.2, 0.25) is 0 Å². The highest BCUT2D eigenvalue weighted by atomic mass is 16.7. The molecule has 25 heavy (non-hydrogen) atoms. The van der Waals surface area contributed by atoms with Crippen LogP contribution in [0.25, 0.3) is 0 Å². The molecule has 0 saturated carbocycles. The fourth-order valence-electron chi connectivity index (χ4n) is 2.79. The molecule has 1 unspecified atom stereocenters. The molecule has 1 atom stereocenters. The summed E-state index contributed by atoms with van der Waals surface area (Å²) in [4.78, 5) is 22.7. The van der Waals surface area contributed by atoms with E-state index in [4.69, 9.17) is 18.9 Å². The lowest BCUT2D eigenvalue weighted by atomic mass is 9.82. The van der Waals surface area contributed by atoms with Crippen LogP contribution >= 0.6 is 0 Å². The van der Waals surface area contributed by atoms with Crippen LogP contribution in [0.3, 0.4) is 0 Å². The Morgan fingerprint density at radius 3 is 2.20 bits per heavy atom. The summed E-state index contributed by atoms with van der Waals surface area (Å²) in [6.07, 6.45) is 4.24. The van der Waals surface area contributed by atoms with E-state index >= 15 is 0 Å². The summed E-state index contributed by atoms with van der Waals surface area (Å²) in [5, 5.41) is 0. The van der Waals surface area contributed by atoms with Gasteiger partial charge < -0.3 is 18.9 Å². The van der Waals surface area contributed by atoms with Gasteiger partial charge in [-0.05, 0) is 12.8 Å². The monoisotopic (exact) mass is 354 g/mol. The minimum atomic E-state index is -0.486. The molecule has 0 aliphatic carbocycles. The first-order valence-corrected chi connectivity index (χ1v) is 8.66. The number of carbonyl (C=O) groups excluding carboxylic acids is 2. The Bertz CT molecular complexity index is 478. The summed E-state index contributed by atoms with van der Waals surface area (Å²) in [5.74, 6) is -0.917. The van der Waals surface area contributed by atoms with Gasteiger partial charge in [0.05, 0.1) is 24.0 Å². The Morgan fingerprint density at radius 2 is 1.72 bits per heavy atom. The molecule has 1 rings (SSSR count). The number of rotatable bonds is 10. The average molecular weight is 354 g/mol. The standard InChI is InChI=1S/C19H30O6/c1-6-10-18(5,11-22-15(20)7-2)17-24-13-19(9-4,14-25-17)12-23-16(21)8-3/h7-8,17H,2-3,6,9-14H2,1,4-5H3. The third kappa shape index (κ3) is 5.97. The summed E-state index contributed by atoms with van der Waals surface area (Å²) in [6, 6.07) is 0. The maximum Gasteiger partial charge on any atom is 0.330 e.